The number of hydrogen-bond donors (Lipinski definition) is 2. The van der Waals surface area contributed by atoms with Crippen LogP contribution in [0.2, 0.25) is 0 Å². The largest absolute Gasteiger partial charge is 1.00 e. The maximum absolute atomic E-state index is 5.30. The van der Waals surface area contributed by atoms with Crippen molar-refractivity contribution in [2.45, 2.75) is 13.8 Å². The summed E-state index contributed by atoms with van der Waals surface area (Å²) in [7, 11) is 0. The molecule has 0 amide bonds. The highest BCUT2D eigenvalue weighted by Crippen LogP contribution is 1.97. The minimum absolute atomic E-state index is 0. The van der Waals surface area contributed by atoms with E-state index < -0.39 is 0 Å². The van der Waals surface area contributed by atoms with E-state index in [1.807, 2.05) is 0 Å². The second-order valence-electron chi connectivity index (χ2n) is 2.28. The van der Waals surface area contributed by atoms with Gasteiger partial charge in [-0.05, 0) is 24.9 Å². The van der Waals surface area contributed by atoms with Crippen LogP contribution in [0.15, 0.2) is 0 Å². The van der Waals surface area contributed by atoms with E-state index in [-0.39, 0.29) is 12.4 Å². The molecular formula is C7H18ClN3S. The first-order valence-corrected chi connectivity index (χ1v) is 4.92. The third kappa shape index (κ3) is 8.17. The van der Waals surface area contributed by atoms with E-state index in [2.05, 4.69) is 18.7 Å². The molecule has 0 radical (unpaired) electrons. The Hall–Kier alpha value is 0.0700. The summed E-state index contributed by atoms with van der Waals surface area (Å²) in [5.74, 6) is 0.990. The fraction of sp³-hybridized carbons (Fsp3) is 0.857. The third-order valence-corrected chi connectivity index (χ3v) is 2.29. The Labute approximate surface area is 85.0 Å². The monoisotopic (exact) mass is 211 g/mol. The molecule has 3 nitrogen and oxygen atoms in total. The lowest BCUT2D eigenvalue weighted by Gasteiger charge is -2.16. The molecule has 0 spiro atoms. The lowest BCUT2D eigenvalue weighted by molar-refractivity contribution is -0.110. The summed E-state index contributed by atoms with van der Waals surface area (Å²) in [4.78, 5) is 2.34. The van der Waals surface area contributed by atoms with Crippen LogP contribution in [0.4, 0.5) is 0 Å². The topological polar surface area (TPSA) is 54.8 Å². The van der Waals surface area contributed by atoms with Crippen molar-refractivity contribution in [3.8, 4) is 0 Å². The zero-order chi connectivity index (χ0) is 8.69. The Kier molecular flexibility index (Phi) is 11.1. The second-order valence-corrected chi connectivity index (χ2v) is 3.45. The highest BCUT2D eigenvalue weighted by molar-refractivity contribution is 8.13. The van der Waals surface area contributed by atoms with Gasteiger partial charge in [0.05, 0.1) is 0 Å². The molecule has 0 bridgehead atoms. The van der Waals surface area contributed by atoms with Crippen molar-refractivity contribution in [2.24, 2.45) is 5.73 Å². The van der Waals surface area contributed by atoms with E-state index in [1.54, 1.807) is 0 Å². The van der Waals surface area contributed by atoms with Crippen molar-refractivity contribution in [1.82, 2.24) is 4.90 Å². The summed E-state index contributed by atoms with van der Waals surface area (Å²) in [5, 5.41) is 5.77. The lowest BCUT2D eigenvalue weighted by Crippen LogP contribution is -3.00. The standard InChI is InChI=1S/C7H17N3S.ClH/c1-3-10(4-2)5-6-11-7(8)9;/h3-6H2,1-2H3,(H3,8,9);1H. The molecule has 0 aliphatic heterocycles. The molecule has 0 saturated carbocycles. The zero-order valence-corrected chi connectivity index (χ0v) is 9.29. The van der Waals surface area contributed by atoms with Crippen LogP contribution >= 0.6 is 11.8 Å². The van der Waals surface area contributed by atoms with Crippen LogP contribution < -0.4 is 23.5 Å². The minimum atomic E-state index is 0. The highest BCUT2D eigenvalue weighted by Gasteiger charge is 2.00. The number of nitrogens with zero attached hydrogens (tertiary/aromatic N) is 1. The van der Waals surface area contributed by atoms with E-state index in [9.17, 15) is 0 Å². The fourth-order valence-electron chi connectivity index (χ4n) is 0.832. The van der Waals surface area contributed by atoms with Gasteiger partial charge in [0.1, 0.15) is 0 Å². The van der Waals surface area contributed by atoms with E-state index in [1.165, 1.54) is 11.8 Å². The number of rotatable bonds is 5. The van der Waals surface area contributed by atoms with Crippen molar-refractivity contribution in [3.63, 3.8) is 0 Å². The van der Waals surface area contributed by atoms with Crippen LogP contribution in [-0.4, -0.2) is 35.5 Å². The summed E-state index contributed by atoms with van der Waals surface area (Å²) in [6.07, 6.45) is 0. The molecule has 0 aromatic heterocycles. The Morgan fingerprint density at radius 1 is 1.42 bits per heavy atom. The fourth-order valence-corrected chi connectivity index (χ4v) is 1.42. The zero-order valence-electron chi connectivity index (χ0n) is 7.72. The van der Waals surface area contributed by atoms with Gasteiger partial charge in [-0.3, -0.25) is 11.1 Å². The normalized spacial score (nSPS) is 9.58. The predicted molar refractivity (Wildman–Crippen MR) is 51.4 cm³/mol. The molecule has 0 aromatic carbocycles. The van der Waals surface area contributed by atoms with E-state index in [0.717, 1.165) is 25.4 Å². The number of nitrogens with two attached hydrogens (primary N) is 2. The van der Waals surface area contributed by atoms with Gasteiger partial charge in [-0.15, -0.1) is 0 Å². The molecule has 0 aliphatic rings. The first-order chi connectivity index (χ1) is 5.20. The summed E-state index contributed by atoms with van der Waals surface area (Å²) < 4.78 is 0. The highest BCUT2D eigenvalue weighted by atomic mass is 35.5. The predicted octanol–water partition coefficient (Wildman–Crippen LogP) is -3.86. The molecule has 0 aromatic rings. The second kappa shape index (κ2) is 9.16. The van der Waals surface area contributed by atoms with Crippen LogP contribution in [0.3, 0.4) is 0 Å². The van der Waals surface area contributed by atoms with Gasteiger partial charge < -0.3 is 17.3 Å². The molecule has 74 valence electrons. The van der Waals surface area contributed by atoms with Crippen LogP contribution in [-0.2, 0) is 0 Å². The van der Waals surface area contributed by atoms with Crippen LogP contribution in [0.25, 0.3) is 0 Å². The van der Waals surface area contributed by atoms with Gasteiger partial charge in [0.15, 0.2) is 0 Å². The first-order valence-electron chi connectivity index (χ1n) is 3.93. The van der Waals surface area contributed by atoms with Gasteiger partial charge in [0, 0.05) is 12.3 Å². The van der Waals surface area contributed by atoms with Gasteiger partial charge in [-0.25, -0.2) is 0 Å². The average molecular weight is 212 g/mol. The molecule has 5 heteroatoms. The van der Waals surface area contributed by atoms with Crippen molar-refractivity contribution in [2.75, 3.05) is 25.4 Å². The quantitative estimate of drug-likeness (QED) is 0.362. The summed E-state index contributed by atoms with van der Waals surface area (Å²) in [6, 6.07) is 0. The SMILES string of the molecule is CCN(CC)CCSC(N)=[NH2+].[Cl-]. The van der Waals surface area contributed by atoms with Crippen molar-refractivity contribution in [3.05, 3.63) is 0 Å². The van der Waals surface area contributed by atoms with Gasteiger partial charge in [-0.2, -0.15) is 0 Å². The Morgan fingerprint density at radius 3 is 2.25 bits per heavy atom. The molecule has 0 heterocycles. The molecule has 0 atom stereocenters. The average Bonchev–Trinajstić information content (AvgIpc) is 1.98. The van der Waals surface area contributed by atoms with Gasteiger partial charge in [0.2, 0.25) is 0 Å². The molecule has 0 rings (SSSR count). The van der Waals surface area contributed by atoms with E-state index in [4.69, 9.17) is 11.1 Å². The number of thioether (sulfide) groups is 1. The van der Waals surface area contributed by atoms with Crippen molar-refractivity contribution in [1.29, 1.82) is 0 Å². The summed E-state index contributed by atoms with van der Waals surface area (Å²) in [5.41, 5.74) is 5.30. The van der Waals surface area contributed by atoms with E-state index in [0.29, 0.717) is 5.17 Å². The maximum Gasteiger partial charge on any atom is 0.299 e. The minimum Gasteiger partial charge on any atom is -1.00 e. The molecular weight excluding hydrogens is 194 g/mol. The molecule has 0 aliphatic carbocycles. The Morgan fingerprint density at radius 2 is 1.92 bits per heavy atom. The summed E-state index contributed by atoms with van der Waals surface area (Å²) in [6.45, 7) is 7.58. The lowest BCUT2D eigenvalue weighted by atomic mass is 10.5. The third-order valence-electron chi connectivity index (χ3n) is 1.57. The molecule has 0 saturated heterocycles. The number of amidine groups is 1. The Bertz CT molecular complexity index is 117. The van der Waals surface area contributed by atoms with Gasteiger partial charge in [-0.1, -0.05) is 13.8 Å². The first kappa shape index (κ1) is 14.6. The van der Waals surface area contributed by atoms with Crippen molar-refractivity contribution < 1.29 is 17.8 Å². The van der Waals surface area contributed by atoms with Crippen molar-refractivity contribution >= 4 is 16.9 Å². The molecule has 4 N–H and O–H groups in total. The number of hydrogen-bond acceptors (Lipinski definition) is 2. The van der Waals surface area contributed by atoms with Crippen LogP contribution in [0.5, 0.6) is 0 Å². The Balaban J connectivity index is 0. The van der Waals surface area contributed by atoms with Crippen LogP contribution in [0, 0.1) is 0 Å². The molecule has 0 unspecified atom stereocenters. The smallest absolute Gasteiger partial charge is 0.299 e. The van der Waals surface area contributed by atoms with Gasteiger partial charge >= 0.3 is 0 Å². The van der Waals surface area contributed by atoms with Gasteiger partial charge in [0.25, 0.3) is 5.17 Å². The van der Waals surface area contributed by atoms with E-state index >= 15 is 0 Å². The van der Waals surface area contributed by atoms with Crippen LogP contribution in [0.1, 0.15) is 13.8 Å². The molecule has 12 heavy (non-hydrogen) atoms. The molecule has 0 fully saturated rings. The maximum atomic E-state index is 5.30. The summed E-state index contributed by atoms with van der Waals surface area (Å²) >= 11 is 1.52. The number of halogens is 1.